The number of nitrogens with zero attached hydrogens (tertiary/aromatic N) is 2. The van der Waals surface area contributed by atoms with Crippen LogP contribution in [0.3, 0.4) is 0 Å². The molecule has 2 rings (SSSR count). The summed E-state index contributed by atoms with van der Waals surface area (Å²) in [6, 6.07) is 3.60. The molecule has 7 heteroatoms. The number of anilines is 1. The summed E-state index contributed by atoms with van der Waals surface area (Å²) in [7, 11) is 0. The summed E-state index contributed by atoms with van der Waals surface area (Å²) >= 11 is 0. The van der Waals surface area contributed by atoms with E-state index in [1.807, 2.05) is 0 Å². The first-order valence-corrected chi connectivity index (χ1v) is 4.86. The van der Waals surface area contributed by atoms with Gasteiger partial charge in [0.15, 0.2) is 0 Å². The van der Waals surface area contributed by atoms with Crippen molar-refractivity contribution in [3.8, 4) is 0 Å². The third-order valence-corrected chi connectivity index (χ3v) is 2.48. The second kappa shape index (κ2) is 3.85. The summed E-state index contributed by atoms with van der Waals surface area (Å²) in [5, 5.41) is 13.0. The van der Waals surface area contributed by atoms with E-state index < -0.39 is 11.0 Å². The molecular formula is C10H9N3O4. The van der Waals surface area contributed by atoms with E-state index in [-0.39, 0.29) is 18.1 Å². The van der Waals surface area contributed by atoms with Gasteiger partial charge in [-0.1, -0.05) is 0 Å². The number of nitro groups is 1. The molecule has 1 aromatic carbocycles. The van der Waals surface area contributed by atoms with Gasteiger partial charge in [0.2, 0.25) is 0 Å². The monoisotopic (exact) mass is 235 g/mol. The quantitative estimate of drug-likeness (QED) is 0.469. The van der Waals surface area contributed by atoms with Crippen LogP contribution in [0.2, 0.25) is 0 Å². The Morgan fingerprint density at radius 3 is 2.59 bits per heavy atom. The Morgan fingerprint density at radius 1 is 1.41 bits per heavy atom. The summed E-state index contributed by atoms with van der Waals surface area (Å²) < 4.78 is 0. The van der Waals surface area contributed by atoms with Gasteiger partial charge < -0.3 is 5.32 Å². The predicted octanol–water partition coefficient (Wildman–Crippen LogP) is 0.959. The summed E-state index contributed by atoms with van der Waals surface area (Å²) in [5.41, 5.74) is 0.703. The molecule has 0 atom stereocenters. The van der Waals surface area contributed by atoms with Crippen molar-refractivity contribution < 1.29 is 14.5 Å². The number of aryl methyl sites for hydroxylation is 1. The summed E-state index contributed by atoms with van der Waals surface area (Å²) in [5.74, 6) is -0.372. The van der Waals surface area contributed by atoms with Crippen LogP contribution in [0.25, 0.3) is 0 Å². The number of nitrogens with one attached hydrogen (secondary N) is 1. The fourth-order valence-corrected chi connectivity index (χ4v) is 1.67. The van der Waals surface area contributed by atoms with Crippen LogP contribution in [0.1, 0.15) is 5.56 Å². The van der Waals surface area contributed by atoms with Gasteiger partial charge in [-0.05, 0) is 19.1 Å². The maximum Gasteiger partial charge on any atom is 0.329 e. The van der Waals surface area contributed by atoms with Crippen molar-refractivity contribution in [2.75, 3.05) is 11.4 Å². The molecule has 0 spiro atoms. The number of benzene rings is 1. The number of nitro benzene ring substituents is 1. The maximum absolute atomic E-state index is 11.4. The number of urea groups is 1. The number of hydrogen-bond acceptors (Lipinski definition) is 4. The molecule has 88 valence electrons. The van der Waals surface area contributed by atoms with E-state index in [0.717, 1.165) is 4.90 Å². The molecule has 0 aromatic heterocycles. The van der Waals surface area contributed by atoms with Crippen molar-refractivity contribution in [2.24, 2.45) is 0 Å². The van der Waals surface area contributed by atoms with Crippen LogP contribution in [0.15, 0.2) is 18.2 Å². The molecule has 1 aromatic rings. The molecule has 1 heterocycles. The number of hydrogen-bond donors (Lipinski definition) is 1. The van der Waals surface area contributed by atoms with Crippen molar-refractivity contribution in [1.82, 2.24) is 5.32 Å². The molecule has 7 nitrogen and oxygen atoms in total. The van der Waals surface area contributed by atoms with Crippen LogP contribution in [-0.4, -0.2) is 23.4 Å². The first kappa shape index (κ1) is 11.1. The van der Waals surface area contributed by atoms with E-state index in [1.165, 1.54) is 18.2 Å². The lowest BCUT2D eigenvalue weighted by atomic mass is 10.1. The van der Waals surface area contributed by atoms with Gasteiger partial charge in [-0.15, -0.1) is 0 Å². The second-order valence-corrected chi connectivity index (χ2v) is 3.62. The zero-order valence-electron chi connectivity index (χ0n) is 8.97. The minimum atomic E-state index is -0.511. The van der Waals surface area contributed by atoms with Crippen LogP contribution in [-0.2, 0) is 4.79 Å². The van der Waals surface area contributed by atoms with E-state index in [1.54, 1.807) is 6.92 Å². The number of amides is 3. The average Bonchev–Trinajstić information content (AvgIpc) is 2.58. The zero-order chi connectivity index (χ0) is 12.6. The van der Waals surface area contributed by atoms with E-state index in [9.17, 15) is 19.7 Å². The first-order valence-electron chi connectivity index (χ1n) is 4.86. The average molecular weight is 235 g/mol. The van der Waals surface area contributed by atoms with Crippen LogP contribution in [0.4, 0.5) is 16.2 Å². The van der Waals surface area contributed by atoms with Crippen molar-refractivity contribution in [3.63, 3.8) is 0 Å². The Kier molecular flexibility index (Phi) is 2.51. The van der Waals surface area contributed by atoms with E-state index >= 15 is 0 Å². The standard InChI is InChI=1S/C10H9N3O4/c1-6-4-7(2-3-8(6)13(16)17)12-9(14)5-11-10(12)15/h2-4H,5H2,1H3,(H,11,15). The lowest BCUT2D eigenvalue weighted by molar-refractivity contribution is -0.385. The molecule has 0 radical (unpaired) electrons. The molecular weight excluding hydrogens is 226 g/mol. The summed E-state index contributed by atoms with van der Waals surface area (Å²) in [4.78, 5) is 33.9. The number of imide groups is 1. The topological polar surface area (TPSA) is 92.6 Å². The third-order valence-electron chi connectivity index (χ3n) is 2.48. The molecule has 0 bridgehead atoms. The molecule has 1 fully saturated rings. The molecule has 1 aliphatic rings. The predicted molar refractivity (Wildman–Crippen MR) is 58.7 cm³/mol. The highest BCUT2D eigenvalue weighted by Gasteiger charge is 2.30. The molecule has 1 N–H and O–H groups in total. The SMILES string of the molecule is Cc1cc(N2C(=O)CNC2=O)ccc1[N+](=O)[O-]. The van der Waals surface area contributed by atoms with Gasteiger partial charge in [-0.3, -0.25) is 14.9 Å². The molecule has 1 saturated heterocycles. The van der Waals surface area contributed by atoms with Gasteiger partial charge in [-0.2, -0.15) is 0 Å². The highest BCUT2D eigenvalue weighted by atomic mass is 16.6. The largest absolute Gasteiger partial charge is 0.329 e. The van der Waals surface area contributed by atoms with Crippen molar-refractivity contribution in [1.29, 1.82) is 0 Å². The number of rotatable bonds is 2. The Balaban J connectivity index is 2.41. The van der Waals surface area contributed by atoms with E-state index in [0.29, 0.717) is 11.3 Å². The van der Waals surface area contributed by atoms with Gasteiger partial charge in [0.1, 0.15) is 0 Å². The maximum atomic E-state index is 11.4. The van der Waals surface area contributed by atoms with Gasteiger partial charge >= 0.3 is 6.03 Å². The Morgan fingerprint density at radius 2 is 2.12 bits per heavy atom. The fourth-order valence-electron chi connectivity index (χ4n) is 1.67. The molecule has 1 aliphatic heterocycles. The molecule has 0 aliphatic carbocycles. The van der Waals surface area contributed by atoms with Gasteiger partial charge in [-0.25, -0.2) is 9.69 Å². The zero-order valence-corrected chi connectivity index (χ0v) is 8.97. The highest BCUT2D eigenvalue weighted by molar-refractivity contribution is 6.19. The summed E-state index contributed by atoms with van der Waals surface area (Å²) in [6.45, 7) is 1.51. The molecule has 17 heavy (non-hydrogen) atoms. The van der Waals surface area contributed by atoms with Crippen LogP contribution >= 0.6 is 0 Å². The second-order valence-electron chi connectivity index (χ2n) is 3.62. The highest BCUT2D eigenvalue weighted by Crippen LogP contribution is 2.25. The lowest BCUT2D eigenvalue weighted by Crippen LogP contribution is -2.30. The van der Waals surface area contributed by atoms with Crippen LogP contribution in [0, 0.1) is 17.0 Å². The molecule has 0 saturated carbocycles. The smallest absolute Gasteiger partial charge is 0.328 e. The summed E-state index contributed by atoms with van der Waals surface area (Å²) in [6.07, 6.45) is 0. The van der Waals surface area contributed by atoms with Crippen molar-refractivity contribution >= 4 is 23.3 Å². The van der Waals surface area contributed by atoms with E-state index in [4.69, 9.17) is 0 Å². The normalized spacial score (nSPS) is 15.0. The molecule has 3 amide bonds. The minimum absolute atomic E-state index is 0.0409. The number of carbonyl (C=O) groups excluding carboxylic acids is 2. The van der Waals surface area contributed by atoms with Crippen molar-refractivity contribution in [3.05, 3.63) is 33.9 Å². The third kappa shape index (κ3) is 1.82. The lowest BCUT2D eigenvalue weighted by Gasteiger charge is -2.12. The van der Waals surface area contributed by atoms with Gasteiger partial charge in [0, 0.05) is 11.6 Å². The van der Waals surface area contributed by atoms with Crippen LogP contribution < -0.4 is 10.2 Å². The Hall–Kier alpha value is -2.44. The van der Waals surface area contributed by atoms with Gasteiger partial charge in [0.05, 0.1) is 17.2 Å². The Bertz CT molecular complexity index is 510. The molecule has 0 unspecified atom stereocenters. The van der Waals surface area contributed by atoms with Crippen LogP contribution in [0.5, 0.6) is 0 Å². The van der Waals surface area contributed by atoms with E-state index in [2.05, 4.69) is 5.32 Å². The fraction of sp³-hybridized carbons (Fsp3) is 0.200. The minimum Gasteiger partial charge on any atom is -0.328 e. The van der Waals surface area contributed by atoms with Gasteiger partial charge in [0.25, 0.3) is 11.6 Å². The Labute approximate surface area is 96.2 Å². The first-order chi connectivity index (χ1) is 8.00. The van der Waals surface area contributed by atoms with Crippen molar-refractivity contribution in [2.45, 2.75) is 6.92 Å². The number of carbonyl (C=O) groups is 2.